The van der Waals surface area contributed by atoms with Gasteiger partial charge in [0.25, 0.3) is 0 Å². The molecule has 0 saturated carbocycles. The molecule has 5 atom stereocenters. The normalized spacial score (nSPS) is 29.8. The maximum atomic E-state index is 12.6. The lowest BCUT2D eigenvalue weighted by molar-refractivity contribution is -0.145. The van der Waals surface area contributed by atoms with Gasteiger partial charge in [0, 0.05) is 47.9 Å². The number of hydrogen-bond acceptors (Lipinski definition) is 6. The molecule has 1 aromatic carbocycles. The number of carboxylic acid groups (broad SMARTS) is 1. The quantitative estimate of drug-likeness (QED) is 0.669. The summed E-state index contributed by atoms with van der Waals surface area (Å²) in [4.78, 5) is 39.2. The number of nitrogens with two attached hydrogens (primary N) is 1. The Kier molecular flexibility index (Phi) is 5.38. The largest absolute Gasteiger partial charge is 0.480 e. The van der Waals surface area contributed by atoms with Crippen molar-refractivity contribution < 1.29 is 24.2 Å². The zero-order chi connectivity index (χ0) is 20.5. The standard InChI is InChI=1S/C19H20N2O3.C2H5NO2/c22-18-10-21-12-5-11(18)6-13(21)8-14(7-12)24-19(23)16-9-20-17-4-2-1-3-15(16)17;3-1-2(4)5/h1-4,9,11-14,20H,5-8,10H2;1,3H2,(H,4,5)/t11-,12+,13-,14-;. The van der Waals surface area contributed by atoms with Crippen molar-refractivity contribution in [3.8, 4) is 0 Å². The van der Waals surface area contributed by atoms with E-state index in [0.29, 0.717) is 30.0 Å². The van der Waals surface area contributed by atoms with Crippen LogP contribution in [0.3, 0.4) is 0 Å². The number of para-hydroxylation sites is 1. The van der Waals surface area contributed by atoms with E-state index in [2.05, 4.69) is 15.6 Å². The van der Waals surface area contributed by atoms with Crippen LogP contribution in [0.25, 0.3) is 10.9 Å². The van der Waals surface area contributed by atoms with E-state index in [1.165, 1.54) is 0 Å². The minimum absolute atomic E-state index is 0.0356. The minimum atomic E-state index is -0.968. The first-order chi connectivity index (χ1) is 14.0. The van der Waals surface area contributed by atoms with Crippen LogP contribution in [-0.2, 0) is 14.3 Å². The topological polar surface area (TPSA) is 126 Å². The van der Waals surface area contributed by atoms with Crippen LogP contribution in [0.1, 0.15) is 36.0 Å². The summed E-state index contributed by atoms with van der Waals surface area (Å²) in [6.45, 7) is 0.323. The SMILES string of the molecule is NCC(=O)O.O=C(O[C@@H]1C[C@@H]2C[C@@H]3C[C@H](C1)N2CC3=O)c1c[nH]c2ccccc12. The van der Waals surface area contributed by atoms with Crippen LogP contribution >= 0.6 is 0 Å². The van der Waals surface area contributed by atoms with Crippen LogP contribution in [0.2, 0.25) is 0 Å². The zero-order valence-corrected chi connectivity index (χ0v) is 16.0. The number of ether oxygens (including phenoxy) is 1. The summed E-state index contributed by atoms with van der Waals surface area (Å²) in [7, 11) is 0. The average molecular weight is 399 g/mol. The van der Waals surface area contributed by atoms with Gasteiger partial charge in [-0.3, -0.25) is 14.5 Å². The highest BCUT2D eigenvalue weighted by Crippen LogP contribution is 2.42. The van der Waals surface area contributed by atoms with E-state index in [-0.39, 0.29) is 24.5 Å². The van der Waals surface area contributed by atoms with Crippen LogP contribution in [-0.4, -0.2) is 64.0 Å². The number of fused-ring (bicyclic) bond motifs is 2. The summed E-state index contributed by atoms with van der Waals surface area (Å²) in [5, 5.41) is 8.51. The molecule has 154 valence electrons. The number of ketones is 1. The summed E-state index contributed by atoms with van der Waals surface area (Å²) < 4.78 is 5.84. The third kappa shape index (κ3) is 3.90. The van der Waals surface area contributed by atoms with Crippen LogP contribution < -0.4 is 5.73 Å². The molecule has 29 heavy (non-hydrogen) atoms. The third-order valence-corrected chi connectivity index (χ3v) is 6.17. The number of aromatic amines is 1. The molecule has 4 N–H and O–H groups in total. The number of aromatic nitrogens is 1. The molecule has 2 aromatic rings. The Hall–Kier alpha value is -2.71. The first-order valence-corrected chi connectivity index (χ1v) is 9.93. The van der Waals surface area contributed by atoms with Crippen LogP contribution in [0, 0.1) is 5.92 Å². The zero-order valence-electron chi connectivity index (χ0n) is 16.0. The van der Waals surface area contributed by atoms with E-state index in [1.54, 1.807) is 6.20 Å². The van der Waals surface area contributed by atoms with Gasteiger partial charge < -0.3 is 20.6 Å². The minimum Gasteiger partial charge on any atom is -0.480 e. The lowest BCUT2D eigenvalue weighted by Gasteiger charge is -2.54. The molecule has 4 saturated heterocycles. The number of carboxylic acids is 1. The van der Waals surface area contributed by atoms with Gasteiger partial charge in [0.15, 0.2) is 0 Å². The maximum Gasteiger partial charge on any atom is 0.340 e. The molecule has 0 aliphatic carbocycles. The molecule has 6 rings (SSSR count). The van der Waals surface area contributed by atoms with Crippen molar-refractivity contribution in [3.05, 3.63) is 36.0 Å². The predicted molar refractivity (Wildman–Crippen MR) is 105 cm³/mol. The van der Waals surface area contributed by atoms with E-state index in [4.69, 9.17) is 9.84 Å². The highest BCUT2D eigenvalue weighted by molar-refractivity contribution is 6.04. The summed E-state index contributed by atoms with van der Waals surface area (Å²) in [6, 6.07) is 8.58. The fourth-order valence-electron chi connectivity index (χ4n) is 4.87. The average Bonchev–Trinajstić information content (AvgIpc) is 3.13. The second-order valence-electron chi connectivity index (χ2n) is 7.96. The summed E-state index contributed by atoms with van der Waals surface area (Å²) in [5.74, 6) is -0.564. The summed E-state index contributed by atoms with van der Waals surface area (Å²) in [6.07, 6.45) is 5.29. The van der Waals surface area contributed by atoms with Gasteiger partial charge in [-0.1, -0.05) is 18.2 Å². The van der Waals surface area contributed by atoms with Crippen LogP contribution in [0.4, 0.5) is 0 Å². The van der Waals surface area contributed by atoms with Gasteiger partial charge in [0.1, 0.15) is 11.9 Å². The molecule has 8 heteroatoms. The molecule has 5 heterocycles. The number of nitrogens with zero attached hydrogens (tertiary/aromatic N) is 1. The van der Waals surface area contributed by atoms with Crippen molar-refractivity contribution in [2.24, 2.45) is 11.7 Å². The van der Waals surface area contributed by atoms with Crippen LogP contribution in [0.15, 0.2) is 30.5 Å². The Morgan fingerprint density at radius 3 is 2.45 bits per heavy atom. The van der Waals surface area contributed by atoms with Gasteiger partial charge in [-0.2, -0.15) is 0 Å². The fourth-order valence-corrected chi connectivity index (χ4v) is 4.87. The molecular weight excluding hydrogens is 374 g/mol. The van der Waals surface area contributed by atoms with Gasteiger partial charge in [0.2, 0.25) is 0 Å². The number of rotatable bonds is 3. The molecule has 4 aliphatic rings. The Labute approximate surface area is 168 Å². The fraction of sp³-hybridized carbons (Fsp3) is 0.476. The van der Waals surface area contributed by atoms with Crippen molar-refractivity contribution in [3.63, 3.8) is 0 Å². The number of nitrogens with one attached hydrogen (secondary N) is 1. The van der Waals surface area contributed by atoms with E-state index in [0.717, 1.165) is 36.6 Å². The van der Waals surface area contributed by atoms with Crippen molar-refractivity contribution in [1.82, 2.24) is 9.88 Å². The molecule has 0 radical (unpaired) electrons. The lowest BCUT2D eigenvalue weighted by atomic mass is 9.72. The first-order valence-electron chi connectivity index (χ1n) is 9.93. The number of Topliss-reactive ketones (excluding diaryl/α,β-unsaturated/α-hetero) is 1. The van der Waals surface area contributed by atoms with E-state index >= 15 is 0 Å². The van der Waals surface area contributed by atoms with E-state index in [9.17, 15) is 14.4 Å². The second kappa shape index (κ2) is 7.96. The van der Waals surface area contributed by atoms with Gasteiger partial charge in [-0.05, 0) is 18.9 Å². The molecule has 4 fully saturated rings. The Bertz CT molecular complexity index is 923. The predicted octanol–water partition coefficient (Wildman–Crippen LogP) is 1.55. The maximum absolute atomic E-state index is 12.6. The monoisotopic (exact) mass is 399 g/mol. The van der Waals surface area contributed by atoms with Crippen molar-refractivity contribution >= 4 is 28.6 Å². The van der Waals surface area contributed by atoms with Gasteiger partial charge in [-0.15, -0.1) is 0 Å². The van der Waals surface area contributed by atoms with Crippen molar-refractivity contribution in [2.45, 2.75) is 43.9 Å². The molecule has 0 spiro atoms. The second-order valence-corrected chi connectivity index (χ2v) is 7.96. The molecule has 4 bridgehead atoms. The summed E-state index contributed by atoms with van der Waals surface area (Å²) >= 11 is 0. The molecule has 4 aliphatic heterocycles. The highest BCUT2D eigenvalue weighted by Gasteiger charge is 2.49. The molecular formula is C21H25N3O5. The number of carbonyl (C=O) groups is 3. The summed E-state index contributed by atoms with van der Waals surface area (Å²) in [5.41, 5.74) is 6.13. The molecule has 1 aromatic heterocycles. The Morgan fingerprint density at radius 2 is 1.83 bits per heavy atom. The molecule has 8 nitrogen and oxygen atoms in total. The number of piperidine rings is 4. The Morgan fingerprint density at radius 1 is 1.17 bits per heavy atom. The number of benzene rings is 1. The first kappa shape index (κ1) is 19.6. The smallest absolute Gasteiger partial charge is 0.340 e. The van der Waals surface area contributed by atoms with Crippen LogP contribution in [0.5, 0.6) is 0 Å². The number of H-pyrrole nitrogens is 1. The van der Waals surface area contributed by atoms with Crippen molar-refractivity contribution in [1.29, 1.82) is 0 Å². The molecule has 1 unspecified atom stereocenters. The van der Waals surface area contributed by atoms with Gasteiger partial charge in [0.05, 0.1) is 18.7 Å². The number of hydrogen-bond donors (Lipinski definition) is 3. The van der Waals surface area contributed by atoms with E-state index in [1.807, 2.05) is 24.3 Å². The van der Waals surface area contributed by atoms with Crippen molar-refractivity contribution in [2.75, 3.05) is 13.1 Å². The molecule has 0 amide bonds. The number of esters is 1. The Balaban J connectivity index is 0.000000369. The third-order valence-electron chi connectivity index (χ3n) is 6.17. The highest BCUT2D eigenvalue weighted by atomic mass is 16.5. The number of aliphatic carboxylic acids is 1. The van der Waals surface area contributed by atoms with E-state index < -0.39 is 5.97 Å². The lowest BCUT2D eigenvalue weighted by Crippen LogP contribution is -2.63. The number of carbonyl (C=O) groups excluding carboxylic acids is 2. The van der Waals surface area contributed by atoms with Gasteiger partial charge in [-0.25, -0.2) is 4.79 Å². The van der Waals surface area contributed by atoms with Gasteiger partial charge >= 0.3 is 11.9 Å².